The van der Waals surface area contributed by atoms with E-state index in [9.17, 15) is 9.90 Å². The number of H-pyrrole nitrogens is 1. The van der Waals surface area contributed by atoms with Crippen LogP contribution in [-0.4, -0.2) is 28.3 Å². The molecule has 0 fully saturated rings. The largest absolute Gasteiger partial charge is 0.494 e. The lowest BCUT2D eigenvalue weighted by Crippen LogP contribution is -2.23. The van der Waals surface area contributed by atoms with Crippen molar-refractivity contribution in [2.24, 2.45) is 4.99 Å². The van der Waals surface area contributed by atoms with Gasteiger partial charge < -0.3 is 15.4 Å². The number of hydrogen-bond donors (Lipinski definition) is 3. The minimum atomic E-state index is -0.133. The maximum atomic E-state index is 12.5. The monoisotopic (exact) mass is 397 g/mol. The van der Waals surface area contributed by atoms with Crippen molar-refractivity contribution in [3.8, 4) is 5.88 Å². The molecule has 0 unspecified atom stereocenters. The Morgan fingerprint density at radius 3 is 2.37 bits per heavy atom. The van der Waals surface area contributed by atoms with Crippen molar-refractivity contribution >= 4 is 28.2 Å². The summed E-state index contributed by atoms with van der Waals surface area (Å²) in [5.74, 6) is -0.110. The van der Waals surface area contributed by atoms with Crippen molar-refractivity contribution in [1.82, 2.24) is 10.3 Å². The number of fused-ring (bicyclic) bond motifs is 1. The van der Waals surface area contributed by atoms with Gasteiger partial charge >= 0.3 is 0 Å². The van der Waals surface area contributed by atoms with Gasteiger partial charge in [0.25, 0.3) is 5.91 Å². The number of nitrogens with one attached hydrogen (secondary N) is 2. The highest BCUT2D eigenvalue weighted by Gasteiger charge is 2.20. The van der Waals surface area contributed by atoms with E-state index < -0.39 is 0 Å². The maximum Gasteiger partial charge on any atom is 0.251 e. The Morgan fingerprint density at radius 1 is 0.967 bits per heavy atom. The minimum Gasteiger partial charge on any atom is -0.494 e. The molecule has 0 aliphatic heterocycles. The standard InChI is InChI=1S/C25H23N3O2/c1-2-15-26-24(29)18-13-14-21-20(16-18)22(25(30)28-21)23(17-9-5-3-6-10-17)27-19-11-7-4-8-12-19/h3-14,16,28,30H,2,15H2,1H3,(H,26,29). The first-order valence-electron chi connectivity index (χ1n) is 10.00. The number of aliphatic imine (C=N–C) groups is 1. The van der Waals surface area contributed by atoms with E-state index in [4.69, 9.17) is 4.99 Å². The number of carbonyl (C=O) groups excluding carboxylic acids is 1. The van der Waals surface area contributed by atoms with Gasteiger partial charge in [-0.2, -0.15) is 0 Å². The van der Waals surface area contributed by atoms with Gasteiger partial charge in [-0.25, -0.2) is 4.99 Å². The summed E-state index contributed by atoms with van der Waals surface area (Å²) in [7, 11) is 0. The average molecular weight is 397 g/mol. The molecule has 5 heteroatoms. The molecule has 0 aliphatic rings. The van der Waals surface area contributed by atoms with Gasteiger partial charge in [-0.3, -0.25) is 4.79 Å². The predicted molar refractivity (Wildman–Crippen MR) is 121 cm³/mol. The fraction of sp³-hybridized carbons (Fsp3) is 0.120. The van der Waals surface area contributed by atoms with Crippen LogP contribution >= 0.6 is 0 Å². The molecule has 0 saturated carbocycles. The molecule has 0 aliphatic carbocycles. The molecule has 1 aromatic heterocycles. The molecular formula is C25H23N3O2. The molecule has 4 aromatic rings. The van der Waals surface area contributed by atoms with E-state index in [1.165, 1.54) is 0 Å². The lowest BCUT2D eigenvalue weighted by Gasteiger charge is -2.09. The van der Waals surface area contributed by atoms with Crippen LogP contribution in [0.4, 0.5) is 5.69 Å². The summed E-state index contributed by atoms with van der Waals surface area (Å²) < 4.78 is 0. The van der Waals surface area contributed by atoms with Gasteiger partial charge in [0.15, 0.2) is 5.88 Å². The highest BCUT2D eigenvalue weighted by Crippen LogP contribution is 2.32. The Labute approximate surface area is 175 Å². The van der Waals surface area contributed by atoms with E-state index in [0.717, 1.165) is 28.6 Å². The van der Waals surface area contributed by atoms with Crippen LogP contribution in [0.5, 0.6) is 5.88 Å². The van der Waals surface area contributed by atoms with Crippen molar-refractivity contribution in [3.63, 3.8) is 0 Å². The van der Waals surface area contributed by atoms with Crippen molar-refractivity contribution in [2.45, 2.75) is 13.3 Å². The lowest BCUT2D eigenvalue weighted by atomic mass is 9.99. The number of para-hydroxylation sites is 1. The van der Waals surface area contributed by atoms with Gasteiger partial charge in [0, 0.05) is 28.6 Å². The van der Waals surface area contributed by atoms with Crippen LogP contribution in [0.25, 0.3) is 10.9 Å². The van der Waals surface area contributed by atoms with Crippen LogP contribution in [0.2, 0.25) is 0 Å². The van der Waals surface area contributed by atoms with Gasteiger partial charge in [-0.15, -0.1) is 0 Å². The maximum absolute atomic E-state index is 12.5. The SMILES string of the molecule is CCCNC(=O)c1ccc2[nH]c(O)c(C(=Nc3ccccc3)c3ccccc3)c2c1. The van der Waals surface area contributed by atoms with Gasteiger partial charge in [-0.1, -0.05) is 55.5 Å². The van der Waals surface area contributed by atoms with Crippen molar-refractivity contribution < 1.29 is 9.90 Å². The van der Waals surface area contributed by atoms with Crippen LogP contribution in [0, 0.1) is 0 Å². The molecular weight excluding hydrogens is 374 g/mol. The fourth-order valence-corrected chi connectivity index (χ4v) is 3.39. The smallest absolute Gasteiger partial charge is 0.251 e. The third-order valence-corrected chi connectivity index (χ3v) is 4.86. The number of carbonyl (C=O) groups is 1. The molecule has 3 N–H and O–H groups in total. The molecule has 5 nitrogen and oxygen atoms in total. The van der Waals surface area contributed by atoms with Crippen LogP contribution < -0.4 is 5.32 Å². The van der Waals surface area contributed by atoms with E-state index in [1.54, 1.807) is 12.1 Å². The number of aromatic amines is 1. The lowest BCUT2D eigenvalue weighted by molar-refractivity contribution is 0.0954. The summed E-state index contributed by atoms with van der Waals surface area (Å²) in [6.07, 6.45) is 0.867. The highest BCUT2D eigenvalue weighted by molar-refractivity contribution is 6.22. The second kappa shape index (κ2) is 8.66. The zero-order valence-corrected chi connectivity index (χ0v) is 16.7. The molecule has 0 saturated heterocycles. The molecule has 150 valence electrons. The first-order chi connectivity index (χ1) is 14.7. The van der Waals surface area contributed by atoms with E-state index in [2.05, 4.69) is 10.3 Å². The predicted octanol–water partition coefficient (Wildman–Crippen LogP) is 5.18. The zero-order chi connectivity index (χ0) is 20.9. The van der Waals surface area contributed by atoms with Crippen LogP contribution in [0.1, 0.15) is 34.8 Å². The average Bonchev–Trinajstić information content (AvgIpc) is 3.12. The Bertz CT molecular complexity index is 1200. The summed E-state index contributed by atoms with van der Waals surface area (Å²) in [6, 6.07) is 24.7. The molecule has 0 atom stereocenters. The molecule has 0 radical (unpaired) electrons. The van der Waals surface area contributed by atoms with Crippen LogP contribution in [0.15, 0.2) is 83.9 Å². The normalized spacial score (nSPS) is 11.6. The number of benzene rings is 3. The summed E-state index contributed by atoms with van der Waals surface area (Å²) in [5.41, 5.74) is 4.15. The molecule has 1 amide bonds. The van der Waals surface area contributed by atoms with E-state index >= 15 is 0 Å². The van der Waals surface area contributed by atoms with Crippen LogP contribution in [0.3, 0.4) is 0 Å². The second-order valence-electron chi connectivity index (χ2n) is 7.03. The quantitative estimate of drug-likeness (QED) is 0.392. The topological polar surface area (TPSA) is 77.5 Å². The molecule has 0 bridgehead atoms. The molecule has 1 heterocycles. The first-order valence-corrected chi connectivity index (χ1v) is 10.00. The summed E-state index contributed by atoms with van der Waals surface area (Å²) in [4.78, 5) is 20.3. The van der Waals surface area contributed by atoms with E-state index in [-0.39, 0.29) is 11.8 Å². The highest BCUT2D eigenvalue weighted by atomic mass is 16.3. The molecule has 3 aromatic carbocycles. The molecule has 30 heavy (non-hydrogen) atoms. The number of aromatic nitrogens is 1. The van der Waals surface area contributed by atoms with E-state index in [0.29, 0.717) is 23.4 Å². The van der Waals surface area contributed by atoms with Gasteiger partial charge in [0.2, 0.25) is 0 Å². The Morgan fingerprint density at radius 2 is 1.67 bits per heavy atom. The number of nitrogens with zero attached hydrogens (tertiary/aromatic N) is 1. The van der Waals surface area contributed by atoms with Gasteiger partial charge in [-0.05, 0) is 36.8 Å². The third kappa shape index (κ3) is 3.96. The van der Waals surface area contributed by atoms with Gasteiger partial charge in [0.1, 0.15) is 0 Å². The Kier molecular flexibility index (Phi) is 5.61. The van der Waals surface area contributed by atoms with Gasteiger partial charge in [0.05, 0.1) is 17.0 Å². The second-order valence-corrected chi connectivity index (χ2v) is 7.03. The van der Waals surface area contributed by atoms with Crippen molar-refractivity contribution in [1.29, 1.82) is 0 Å². The molecule has 0 spiro atoms. The van der Waals surface area contributed by atoms with E-state index in [1.807, 2.05) is 73.7 Å². The van der Waals surface area contributed by atoms with Crippen LogP contribution in [-0.2, 0) is 0 Å². The third-order valence-electron chi connectivity index (χ3n) is 4.86. The van der Waals surface area contributed by atoms with Crippen molar-refractivity contribution in [2.75, 3.05) is 6.54 Å². The summed E-state index contributed by atoms with van der Waals surface area (Å²) in [6.45, 7) is 2.63. The fourth-order valence-electron chi connectivity index (χ4n) is 3.39. The summed E-state index contributed by atoms with van der Waals surface area (Å²) in [5, 5.41) is 14.4. The number of hydrogen-bond acceptors (Lipinski definition) is 3. The number of amides is 1. The number of aromatic hydroxyl groups is 1. The minimum absolute atomic E-state index is 0.0228. The van der Waals surface area contributed by atoms with Crippen molar-refractivity contribution in [3.05, 3.63) is 95.6 Å². The Hall–Kier alpha value is -3.86. The first kappa shape index (κ1) is 19.5. The number of rotatable bonds is 6. The zero-order valence-electron chi connectivity index (χ0n) is 16.7. The summed E-state index contributed by atoms with van der Waals surface area (Å²) >= 11 is 0. The molecule has 4 rings (SSSR count). The Balaban J connectivity index is 1.90.